The van der Waals surface area contributed by atoms with Crippen LogP contribution in [0.5, 0.6) is 5.75 Å². The number of halogens is 4. The second kappa shape index (κ2) is 43.1. The molecule has 0 aliphatic heterocycles. The molecule has 3 heterocycles. The zero-order valence-electron chi connectivity index (χ0n) is 70.9. The van der Waals surface area contributed by atoms with Crippen LogP contribution in [0, 0.1) is 108 Å². The van der Waals surface area contributed by atoms with E-state index in [9.17, 15) is 31.4 Å². The first kappa shape index (κ1) is 96.9. The lowest BCUT2D eigenvalue weighted by Gasteiger charge is -2.31. The summed E-state index contributed by atoms with van der Waals surface area (Å²) in [6, 6.07) is 34.0. The Morgan fingerprint density at radius 3 is 1.15 bits per heavy atom. The molecule has 1 saturated carbocycles. The Morgan fingerprint density at radius 2 is 0.829 bits per heavy atom. The molecule has 1 unspecified atom stereocenters. The number of carbonyl (C=O) groups excluding carboxylic acids is 2. The van der Waals surface area contributed by atoms with Gasteiger partial charge in [0.05, 0.1) is 22.6 Å². The largest absolute Gasteiger partial charge is 0.389 e. The van der Waals surface area contributed by atoms with E-state index in [-0.39, 0.29) is 81.1 Å². The van der Waals surface area contributed by atoms with Gasteiger partial charge in [-0.3, -0.25) is 9.59 Å². The summed E-state index contributed by atoms with van der Waals surface area (Å²) in [6.07, 6.45) is 10.6. The summed E-state index contributed by atoms with van der Waals surface area (Å²) in [7, 11) is 0. The Balaban J connectivity index is 0.000000347. The molecule has 1 atom stereocenters. The van der Waals surface area contributed by atoms with Crippen molar-refractivity contribution in [2.75, 3.05) is 23.7 Å². The topological polar surface area (TPSA) is 228 Å². The van der Waals surface area contributed by atoms with Crippen LogP contribution in [0.15, 0.2) is 115 Å². The van der Waals surface area contributed by atoms with Crippen molar-refractivity contribution in [3.05, 3.63) is 223 Å². The lowest BCUT2D eigenvalue weighted by molar-refractivity contribution is -0.122. The maximum atomic E-state index is 14.2. The second-order valence-corrected chi connectivity index (χ2v) is 38.1. The van der Waals surface area contributed by atoms with Crippen molar-refractivity contribution < 1.29 is 35.5 Å². The predicted molar refractivity (Wildman–Crippen MR) is 454 cm³/mol. The minimum Gasteiger partial charge on any atom is -0.389 e. The van der Waals surface area contributed by atoms with Crippen molar-refractivity contribution in [3.8, 4) is 5.75 Å². The summed E-state index contributed by atoms with van der Waals surface area (Å²) >= 11 is -1.47. The highest BCUT2D eigenvalue weighted by molar-refractivity contribution is 7.78. The molecular weight excluding hydrogens is 1420 g/mol. The molecule has 8 aromatic rings. The molecule has 1 aliphatic carbocycles. The van der Waals surface area contributed by atoms with E-state index in [0.717, 1.165) is 123 Å². The number of Topliss-reactive ketones (excluding diaryl/α,β-unsaturated/α-hetero) is 2. The van der Waals surface area contributed by atoms with Gasteiger partial charge in [0.15, 0.2) is 5.78 Å². The Labute approximate surface area is 667 Å². The summed E-state index contributed by atoms with van der Waals surface area (Å²) in [4.78, 5) is 48.7. The number of benzene rings is 5. The van der Waals surface area contributed by atoms with Crippen molar-refractivity contribution in [3.63, 3.8) is 0 Å². The third-order valence-corrected chi connectivity index (χ3v) is 18.2. The van der Waals surface area contributed by atoms with Gasteiger partial charge in [-0.2, -0.15) is 4.21 Å². The zero-order valence-corrected chi connectivity index (χ0v) is 71.7. The number of aryl methyl sites for hydroxylation is 5. The summed E-state index contributed by atoms with van der Waals surface area (Å²) in [5.74, 6) is 3.13. The first-order valence-corrected chi connectivity index (χ1v) is 39.6. The monoisotopic (exact) mass is 1550 g/mol. The number of carbonyl (C=O) groups is 2. The van der Waals surface area contributed by atoms with Crippen LogP contribution in [-0.2, 0) is 54.6 Å². The number of nitrogens with one attached hydrogen (secondary N) is 1. The van der Waals surface area contributed by atoms with Gasteiger partial charge in [-0.1, -0.05) is 206 Å². The number of nitrogens with zero attached hydrogens (tertiary/aromatic N) is 6. The first-order valence-electron chi connectivity index (χ1n) is 38.5. The Hall–Kier alpha value is -8.29. The van der Waals surface area contributed by atoms with Crippen molar-refractivity contribution in [1.29, 1.82) is 0 Å². The van der Waals surface area contributed by atoms with Crippen LogP contribution in [0.4, 0.5) is 35.4 Å². The molecule has 0 saturated heterocycles. The van der Waals surface area contributed by atoms with Gasteiger partial charge >= 0.3 is 0 Å². The quantitative estimate of drug-likeness (QED) is 0.0464. The van der Waals surface area contributed by atoms with Gasteiger partial charge in [-0.25, -0.2) is 52.2 Å². The molecule has 1 fully saturated rings. The van der Waals surface area contributed by atoms with E-state index in [1.165, 1.54) is 37.8 Å². The van der Waals surface area contributed by atoms with Crippen molar-refractivity contribution in [2.24, 2.45) is 50.2 Å². The SMILES string of the molecule is C.CC(C)C1CCC(CC(=O)CC(C)(C)C)CC1.Cc1cc(Cc2ccc(C(=O)C(C)(C)C)c(F)c2)nc(N)n1.Cc1cc(Cc2ccc(CC(C)(C)C)c(F)c2)nc(N)n1.Cc1cc(Cc2ccc(CC(C)(C)C)c(F)c2)nc(N)n1.Cc1ccc(CC(C)(C)C)c(F)c1.Cc1ccc(OS(=O)NCC(C)(C)C)cc1. The number of rotatable bonds is 18. The number of anilines is 3. The lowest BCUT2D eigenvalue weighted by atomic mass is 9.75. The lowest BCUT2D eigenvalue weighted by Crippen LogP contribution is -2.30. The number of aromatic nitrogens is 6. The van der Waals surface area contributed by atoms with Gasteiger partial charge in [0.1, 0.15) is 34.8 Å². The number of hydrogen-bond donors (Lipinski definition) is 4. The van der Waals surface area contributed by atoms with E-state index in [4.69, 9.17) is 21.4 Å². The van der Waals surface area contributed by atoms with Gasteiger partial charge in [0.25, 0.3) is 11.3 Å². The molecule has 7 N–H and O–H groups in total. The summed E-state index contributed by atoms with van der Waals surface area (Å²) in [5, 5.41) is 0. The fourth-order valence-electron chi connectivity index (χ4n) is 12.4. The average Bonchev–Trinajstić information content (AvgIpc) is 0.812. The Bertz CT molecular complexity index is 4110. The Morgan fingerprint density at radius 1 is 0.468 bits per heavy atom. The van der Waals surface area contributed by atoms with E-state index in [1.807, 2.05) is 113 Å². The molecule has 0 spiro atoms. The van der Waals surface area contributed by atoms with Gasteiger partial charge in [-0.05, 0) is 224 Å². The second-order valence-electron chi connectivity index (χ2n) is 37.2. The third-order valence-electron chi connectivity index (χ3n) is 17.5. The molecule has 5 aromatic carbocycles. The van der Waals surface area contributed by atoms with Crippen molar-refractivity contribution in [2.45, 2.75) is 258 Å². The molecule has 111 heavy (non-hydrogen) atoms. The number of nitrogens with two attached hydrogens (primary N) is 3. The molecule has 0 radical (unpaired) electrons. The maximum absolute atomic E-state index is 14.2. The van der Waals surface area contributed by atoms with E-state index < -0.39 is 22.5 Å². The highest BCUT2D eigenvalue weighted by Gasteiger charge is 2.28. The number of ketones is 2. The third kappa shape index (κ3) is 39.6. The molecule has 0 amide bonds. The number of hydrogen-bond acceptors (Lipinski definition) is 13. The van der Waals surface area contributed by atoms with E-state index in [0.29, 0.717) is 43.3 Å². The van der Waals surface area contributed by atoms with E-state index in [1.54, 1.807) is 45.0 Å². The Kier molecular flexibility index (Phi) is 37.6. The van der Waals surface area contributed by atoms with Crippen LogP contribution in [0.3, 0.4) is 0 Å². The fraction of sp³-hybridized carbons (Fsp3) is 0.522. The van der Waals surface area contributed by atoms with Gasteiger partial charge < -0.3 is 21.4 Å². The molecule has 14 nitrogen and oxygen atoms in total. The van der Waals surface area contributed by atoms with Crippen LogP contribution in [0.2, 0.25) is 0 Å². The van der Waals surface area contributed by atoms with Crippen LogP contribution in [0.1, 0.15) is 273 Å². The van der Waals surface area contributed by atoms with E-state index >= 15 is 0 Å². The van der Waals surface area contributed by atoms with E-state index in [2.05, 4.69) is 152 Å². The smallest absolute Gasteiger partial charge is 0.288 e. The van der Waals surface area contributed by atoms with Crippen LogP contribution >= 0.6 is 0 Å². The molecule has 610 valence electrons. The molecule has 1 aliphatic rings. The molecule has 3 aromatic heterocycles. The average molecular weight is 1550 g/mol. The first-order chi connectivity index (χ1) is 50.6. The molecular formula is C92H134F4N10O4S. The molecule has 9 rings (SSSR count). The predicted octanol–water partition coefficient (Wildman–Crippen LogP) is 22.5. The van der Waals surface area contributed by atoms with Gasteiger partial charge in [0, 0.05) is 61.1 Å². The normalized spacial score (nSPS) is 14.0. The van der Waals surface area contributed by atoms with Crippen LogP contribution in [-0.4, -0.2) is 52.2 Å². The van der Waals surface area contributed by atoms with Gasteiger partial charge in [-0.15, -0.1) is 0 Å². The minimum atomic E-state index is -1.47. The zero-order chi connectivity index (χ0) is 83.0. The summed E-state index contributed by atoms with van der Waals surface area (Å²) < 4.78 is 75.5. The summed E-state index contributed by atoms with van der Waals surface area (Å²) in [6.45, 7) is 51.7. The minimum absolute atomic E-state index is 0. The van der Waals surface area contributed by atoms with Crippen molar-refractivity contribution >= 4 is 40.7 Å². The molecule has 0 bridgehead atoms. The van der Waals surface area contributed by atoms with Crippen LogP contribution in [0.25, 0.3) is 0 Å². The van der Waals surface area contributed by atoms with Crippen molar-refractivity contribution in [1.82, 2.24) is 34.6 Å². The standard InChI is InChI=1S/C17H20FN3O.2C17H22FN3.C16H30O.C12H17F.C12H19NO2S.CH4/c1-10-7-12(21-16(19)20-10)8-11-5-6-13(14(18)9-11)15(22)17(2,3)4;2*1-11-7-14(21-16(19)20-11)8-12-5-6-13(15(18)9-12)10-17(2,3)4;1-12(2)14-8-6-13(7-9-14)10-15(17)11-16(3,4)5;1-9-5-6-10(11(13)7-9)8-12(2,3)4;1-10-5-7-11(8-6-10)15-16(14)13-9-12(2,3)4;/h5-7,9H,8H2,1-4H3,(H2,19,20,21);2*5-7,9H,8,10H2,1-4H3,(H2,19,20,21);12-14H,6-11H2,1-5H3;5-7H,8H2,1-4H3;5-8,13H,9H2,1-4H3;1H4. The van der Waals surface area contributed by atoms with Crippen LogP contribution < -0.4 is 26.1 Å². The highest BCUT2D eigenvalue weighted by atomic mass is 32.2. The summed E-state index contributed by atoms with van der Waals surface area (Å²) in [5.41, 5.74) is 28.7. The number of nitrogen functional groups attached to an aromatic ring is 3. The highest BCUT2D eigenvalue weighted by Crippen LogP contribution is 2.36. The molecule has 19 heteroatoms. The maximum Gasteiger partial charge on any atom is 0.288 e. The van der Waals surface area contributed by atoms with Gasteiger partial charge in [0.2, 0.25) is 17.8 Å². The fourth-order valence-corrected chi connectivity index (χ4v) is 13.3.